The number of amides is 2. The fourth-order valence-electron chi connectivity index (χ4n) is 3.64. The van der Waals surface area contributed by atoms with Crippen molar-refractivity contribution < 1.29 is 23.9 Å². The van der Waals surface area contributed by atoms with E-state index in [1.54, 1.807) is 19.1 Å². The van der Waals surface area contributed by atoms with Crippen LogP contribution in [0, 0.1) is 17.2 Å². The molecule has 194 valence electrons. The number of carbonyl (C=O) groups is 3. The molecule has 2 atom stereocenters. The lowest BCUT2D eigenvalue weighted by molar-refractivity contribution is -0.150. The number of esters is 1. The molecule has 0 spiro atoms. The standard InChI is InChI=1S/C24H19Cl4N3O5S/c1-3-36-21-15(27)6-11(7-16(21)28)19-13(9-29)23(31-22(33)20(19)24(34)35-2)37-10-18(32)30-17-5-4-12(25)8-14(17)26/h4-8,19-20H,3,10H2,1-2H3,(H,30,32)(H,31,33)/t19-,20+/m1/s1. The van der Waals surface area contributed by atoms with Crippen molar-refractivity contribution in [1.29, 1.82) is 5.26 Å². The van der Waals surface area contributed by atoms with Crippen molar-refractivity contribution >= 4 is 81.6 Å². The summed E-state index contributed by atoms with van der Waals surface area (Å²) in [5.74, 6) is -4.42. The third-order valence-corrected chi connectivity index (χ3v) is 7.33. The minimum absolute atomic E-state index is 0.0358. The molecule has 1 aliphatic rings. The molecule has 0 saturated carbocycles. The van der Waals surface area contributed by atoms with Crippen molar-refractivity contribution in [1.82, 2.24) is 5.32 Å². The number of methoxy groups -OCH3 is 1. The summed E-state index contributed by atoms with van der Waals surface area (Å²) in [6, 6.07) is 9.60. The van der Waals surface area contributed by atoms with Crippen LogP contribution in [-0.4, -0.2) is 37.3 Å². The number of hydrogen-bond donors (Lipinski definition) is 2. The van der Waals surface area contributed by atoms with Crippen molar-refractivity contribution in [3.05, 3.63) is 66.6 Å². The minimum atomic E-state index is -1.39. The molecule has 2 aromatic rings. The summed E-state index contributed by atoms with van der Waals surface area (Å²) in [5, 5.41) is 16.3. The number of benzene rings is 2. The summed E-state index contributed by atoms with van der Waals surface area (Å²) in [7, 11) is 1.14. The third-order valence-electron chi connectivity index (χ3n) is 5.20. The molecule has 0 saturated heterocycles. The lowest BCUT2D eigenvalue weighted by Crippen LogP contribution is -2.44. The number of anilines is 1. The van der Waals surface area contributed by atoms with Crippen molar-refractivity contribution in [2.24, 2.45) is 5.92 Å². The summed E-state index contributed by atoms with van der Waals surface area (Å²) >= 11 is 25.6. The van der Waals surface area contributed by atoms with E-state index < -0.39 is 29.6 Å². The van der Waals surface area contributed by atoms with Crippen molar-refractivity contribution in [2.45, 2.75) is 12.8 Å². The highest BCUT2D eigenvalue weighted by Crippen LogP contribution is 2.44. The van der Waals surface area contributed by atoms with Crippen LogP contribution in [0.15, 0.2) is 40.9 Å². The number of halogens is 4. The number of rotatable bonds is 8. The van der Waals surface area contributed by atoms with Crippen LogP contribution in [0.4, 0.5) is 5.69 Å². The summed E-state index contributed by atoms with van der Waals surface area (Å²) in [4.78, 5) is 38.2. The molecule has 3 rings (SSSR count). The molecule has 0 radical (unpaired) electrons. The molecule has 2 N–H and O–H groups in total. The zero-order chi connectivity index (χ0) is 27.3. The smallest absolute Gasteiger partial charge is 0.319 e. The zero-order valence-corrected chi connectivity index (χ0v) is 23.2. The SMILES string of the molecule is CCOc1c(Cl)cc([C@@H]2C(C#N)=C(SCC(=O)Nc3ccc(Cl)cc3Cl)NC(=O)[C@H]2C(=O)OC)cc1Cl. The topological polar surface area (TPSA) is 118 Å². The average molecular weight is 603 g/mol. The lowest BCUT2D eigenvalue weighted by Gasteiger charge is -2.31. The van der Waals surface area contributed by atoms with Gasteiger partial charge in [0.05, 0.1) is 56.9 Å². The van der Waals surface area contributed by atoms with Crippen LogP contribution in [0.2, 0.25) is 20.1 Å². The van der Waals surface area contributed by atoms with E-state index in [0.29, 0.717) is 22.9 Å². The largest absolute Gasteiger partial charge is 0.491 e. The Balaban J connectivity index is 1.97. The van der Waals surface area contributed by atoms with Gasteiger partial charge in [-0.1, -0.05) is 58.2 Å². The highest BCUT2D eigenvalue weighted by molar-refractivity contribution is 8.03. The minimum Gasteiger partial charge on any atom is -0.491 e. The van der Waals surface area contributed by atoms with Gasteiger partial charge in [-0.3, -0.25) is 14.4 Å². The molecule has 1 aliphatic heterocycles. The van der Waals surface area contributed by atoms with E-state index in [2.05, 4.69) is 16.7 Å². The molecular formula is C24H19Cl4N3O5S. The van der Waals surface area contributed by atoms with Crippen molar-refractivity contribution in [3.63, 3.8) is 0 Å². The van der Waals surface area contributed by atoms with Gasteiger partial charge in [-0.15, -0.1) is 0 Å². The number of carbonyl (C=O) groups excluding carboxylic acids is 3. The normalized spacial score (nSPS) is 17.1. The molecule has 0 aliphatic carbocycles. The van der Waals surface area contributed by atoms with Crippen molar-refractivity contribution in [3.8, 4) is 11.8 Å². The van der Waals surface area contributed by atoms with Gasteiger partial charge in [-0.25, -0.2) is 0 Å². The first-order chi connectivity index (χ1) is 17.6. The van der Waals surface area contributed by atoms with Gasteiger partial charge in [0, 0.05) is 10.9 Å². The second kappa shape index (κ2) is 12.8. The Morgan fingerprint density at radius 1 is 1.14 bits per heavy atom. The fourth-order valence-corrected chi connectivity index (χ4v) is 5.55. The number of hydrogen-bond acceptors (Lipinski definition) is 7. The number of allylic oxidation sites excluding steroid dienone is 1. The highest BCUT2D eigenvalue weighted by atomic mass is 35.5. The number of nitriles is 1. The van der Waals surface area contributed by atoms with E-state index in [9.17, 15) is 19.6 Å². The van der Waals surface area contributed by atoms with E-state index in [4.69, 9.17) is 55.9 Å². The van der Waals surface area contributed by atoms with Gasteiger partial charge in [-0.2, -0.15) is 5.26 Å². The zero-order valence-electron chi connectivity index (χ0n) is 19.4. The Kier molecular flexibility index (Phi) is 9.99. The maximum Gasteiger partial charge on any atom is 0.319 e. The van der Waals surface area contributed by atoms with E-state index in [1.807, 2.05) is 0 Å². The van der Waals surface area contributed by atoms with Crippen LogP contribution in [0.5, 0.6) is 5.75 Å². The van der Waals surface area contributed by atoms with Crippen molar-refractivity contribution in [2.75, 3.05) is 24.8 Å². The summed E-state index contributed by atoms with van der Waals surface area (Å²) in [5.41, 5.74) is 0.713. The highest BCUT2D eigenvalue weighted by Gasteiger charge is 2.44. The Morgan fingerprint density at radius 3 is 2.38 bits per heavy atom. The maximum absolute atomic E-state index is 13.0. The third kappa shape index (κ3) is 6.64. The number of nitrogens with zero attached hydrogens (tertiary/aromatic N) is 1. The molecule has 1 heterocycles. The van der Waals surface area contributed by atoms with Gasteiger partial charge in [0.25, 0.3) is 0 Å². The molecule has 0 aromatic heterocycles. The number of ether oxygens (including phenoxy) is 2. The Labute approximate surface area is 237 Å². The number of nitrogens with one attached hydrogen (secondary N) is 2. The molecule has 8 nitrogen and oxygen atoms in total. The van der Waals surface area contributed by atoms with Gasteiger partial charge in [0.15, 0.2) is 5.75 Å². The van der Waals surface area contributed by atoms with Gasteiger partial charge >= 0.3 is 5.97 Å². The van der Waals surface area contributed by atoms with E-state index in [1.165, 1.54) is 18.2 Å². The molecule has 0 fully saturated rings. The van der Waals surface area contributed by atoms with Gasteiger partial charge < -0.3 is 20.1 Å². The monoisotopic (exact) mass is 601 g/mol. The van der Waals surface area contributed by atoms with Crippen LogP contribution in [0.25, 0.3) is 0 Å². The molecule has 13 heteroatoms. The Hall–Kier alpha value is -2.61. The van der Waals surface area contributed by atoms with E-state index >= 15 is 0 Å². The van der Waals surface area contributed by atoms with Crippen LogP contribution >= 0.6 is 58.2 Å². The molecule has 0 unspecified atom stereocenters. The molecule has 0 bridgehead atoms. The average Bonchev–Trinajstić information content (AvgIpc) is 2.85. The maximum atomic E-state index is 13.0. The van der Waals surface area contributed by atoms with Gasteiger partial charge in [-0.05, 0) is 42.8 Å². The first-order valence-electron chi connectivity index (χ1n) is 10.6. The predicted octanol–water partition coefficient (Wildman–Crippen LogP) is 5.81. The Morgan fingerprint density at radius 2 is 1.81 bits per heavy atom. The van der Waals surface area contributed by atoms with E-state index in [0.717, 1.165) is 18.9 Å². The Bertz CT molecular complexity index is 1300. The number of thioether (sulfide) groups is 1. The van der Waals surface area contributed by atoms with Crippen LogP contribution in [0.1, 0.15) is 18.4 Å². The van der Waals surface area contributed by atoms with Crippen LogP contribution in [0.3, 0.4) is 0 Å². The lowest BCUT2D eigenvalue weighted by atomic mass is 9.78. The molecule has 2 amide bonds. The summed E-state index contributed by atoms with van der Waals surface area (Å²) < 4.78 is 10.3. The second-order valence-electron chi connectivity index (χ2n) is 7.53. The van der Waals surface area contributed by atoms with Crippen LogP contribution in [-0.2, 0) is 19.1 Å². The first kappa shape index (κ1) is 29.0. The summed E-state index contributed by atoms with van der Waals surface area (Å²) in [6.07, 6.45) is 0. The van der Waals surface area contributed by atoms with Gasteiger partial charge in [0.1, 0.15) is 5.92 Å². The molecular weight excluding hydrogens is 584 g/mol. The fraction of sp³-hybridized carbons (Fsp3) is 0.250. The predicted molar refractivity (Wildman–Crippen MR) is 144 cm³/mol. The first-order valence-corrected chi connectivity index (χ1v) is 13.1. The molecule has 37 heavy (non-hydrogen) atoms. The quantitative estimate of drug-likeness (QED) is 0.289. The van der Waals surface area contributed by atoms with Gasteiger partial charge in [0.2, 0.25) is 11.8 Å². The second-order valence-corrected chi connectivity index (χ2v) is 10.2. The summed E-state index contributed by atoms with van der Waals surface area (Å²) in [6.45, 7) is 2.07. The van der Waals surface area contributed by atoms with E-state index in [-0.39, 0.29) is 37.2 Å². The molecule has 2 aromatic carbocycles. The van der Waals surface area contributed by atoms with Crippen LogP contribution < -0.4 is 15.4 Å².